The van der Waals surface area contributed by atoms with E-state index in [0.717, 1.165) is 11.0 Å². The van der Waals surface area contributed by atoms with Gasteiger partial charge >= 0.3 is 12.0 Å². The molecule has 1 heterocycles. The highest BCUT2D eigenvalue weighted by Crippen LogP contribution is 2.18. The summed E-state index contributed by atoms with van der Waals surface area (Å²) in [6.45, 7) is 2.38. The van der Waals surface area contributed by atoms with E-state index < -0.39 is 41.7 Å². The summed E-state index contributed by atoms with van der Waals surface area (Å²) in [4.78, 5) is 48.3. The van der Waals surface area contributed by atoms with Gasteiger partial charge in [-0.15, -0.1) is 0 Å². The Labute approximate surface area is 149 Å². The van der Waals surface area contributed by atoms with Gasteiger partial charge in [0.1, 0.15) is 5.54 Å². The zero-order chi connectivity index (χ0) is 19.5. The molecule has 1 N–H and O–H groups in total. The van der Waals surface area contributed by atoms with Crippen molar-refractivity contribution in [3.63, 3.8) is 0 Å². The highest BCUT2D eigenvalue weighted by molar-refractivity contribution is 6.06. The van der Waals surface area contributed by atoms with Crippen LogP contribution in [-0.4, -0.2) is 54.4 Å². The summed E-state index contributed by atoms with van der Waals surface area (Å²) in [5, 5.41) is 2.49. The number of Topliss-reactive ketones (excluding diaryl/α,β-unsaturated/α-hetero) is 1. The first-order valence-electron chi connectivity index (χ1n) is 7.82. The first kappa shape index (κ1) is 19.4. The molecule has 1 saturated heterocycles. The molecule has 9 heteroatoms. The van der Waals surface area contributed by atoms with Gasteiger partial charge in [0.05, 0.1) is 13.5 Å². The van der Waals surface area contributed by atoms with Gasteiger partial charge in [-0.2, -0.15) is 0 Å². The van der Waals surface area contributed by atoms with Gasteiger partial charge in [0.2, 0.25) is 0 Å². The number of carbonyl (C=O) groups is 4. The van der Waals surface area contributed by atoms with E-state index in [1.54, 1.807) is 13.8 Å². The normalized spacial score (nSPS) is 15.6. The number of carbonyl (C=O) groups excluding carboxylic acids is 4. The molecule has 26 heavy (non-hydrogen) atoms. The average Bonchev–Trinajstić information content (AvgIpc) is 2.78. The first-order valence-corrected chi connectivity index (χ1v) is 7.82. The van der Waals surface area contributed by atoms with Crippen LogP contribution in [0.3, 0.4) is 0 Å². The number of nitrogens with zero attached hydrogens (tertiary/aromatic N) is 1. The Morgan fingerprint density at radius 2 is 1.96 bits per heavy atom. The van der Waals surface area contributed by atoms with E-state index in [4.69, 9.17) is 9.47 Å². The van der Waals surface area contributed by atoms with Crippen LogP contribution in [0.2, 0.25) is 0 Å². The number of rotatable bonds is 7. The average molecular weight is 366 g/mol. The van der Waals surface area contributed by atoms with Gasteiger partial charge in [0.15, 0.2) is 24.0 Å². The standard InChI is InChI=1S/C17H19FN2O6/c1-17(2)15(23)20(16(24)19-17)7-6-14(22)26-9-12(21)10-4-5-13(25-3)11(18)8-10/h4-5,8H,6-7,9H2,1-3H3,(H,19,24). The fourth-order valence-corrected chi connectivity index (χ4v) is 2.37. The van der Waals surface area contributed by atoms with Crippen molar-refractivity contribution < 1.29 is 33.0 Å². The maximum atomic E-state index is 13.6. The first-order chi connectivity index (χ1) is 12.2. The molecule has 1 aromatic carbocycles. The van der Waals surface area contributed by atoms with Gasteiger partial charge in [0, 0.05) is 12.1 Å². The molecule has 0 radical (unpaired) electrons. The number of amides is 3. The summed E-state index contributed by atoms with van der Waals surface area (Å²) in [6, 6.07) is 3.05. The lowest BCUT2D eigenvalue weighted by atomic mass is 10.1. The van der Waals surface area contributed by atoms with Crippen molar-refractivity contribution in [3.05, 3.63) is 29.6 Å². The number of nitrogens with one attached hydrogen (secondary N) is 1. The van der Waals surface area contributed by atoms with Crippen molar-refractivity contribution in [1.29, 1.82) is 0 Å². The van der Waals surface area contributed by atoms with Crippen molar-refractivity contribution in [2.24, 2.45) is 0 Å². The molecule has 3 amide bonds. The molecule has 0 bridgehead atoms. The second-order valence-electron chi connectivity index (χ2n) is 6.20. The van der Waals surface area contributed by atoms with Crippen LogP contribution < -0.4 is 10.1 Å². The van der Waals surface area contributed by atoms with Crippen molar-refractivity contribution in [3.8, 4) is 5.75 Å². The molecule has 1 fully saturated rings. The van der Waals surface area contributed by atoms with E-state index in [0.29, 0.717) is 0 Å². The Kier molecular flexibility index (Phi) is 5.59. The minimum atomic E-state index is -1.02. The highest BCUT2D eigenvalue weighted by atomic mass is 19.1. The van der Waals surface area contributed by atoms with Crippen LogP contribution in [0.25, 0.3) is 0 Å². The third kappa shape index (κ3) is 4.16. The Morgan fingerprint density at radius 3 is 2.50 bits per heavy atom. The fourth-order valence-electron chi connectivity index (χ4n) is 2.37. The van der Waals surface area contributed by atoms with Crippen molar-refractivity contribution in [1.82, 2.24) is 10.2 Å². The molecule has 1 aliphatic heterocycles. The third-order valence-electron chi connectivity index (χ3n) is 3.82. The molecule has 0 saturated carbocycles. The number of halogens is 1. The van der Waals surface area contributed by atoms with Gasteiger partial charge in [-0.25, -0.2) is 9.18 Å². The van der Waals surface area contributed by atoms with Crippen molar-refractivity contribution in [2.75, 3.05) is 20.3 Å². The summed E-state index contributed by atoms with van der Waals surface area (Å²) in [5.74, 6) is -2.49. The van der Waals surface area contributed by atoms with Crippen LogP contribution in [-0.2, 0) is 14.3 Å². The summed E-state index contributed by atoms with van der Waals surface area (Å²) in [7, 11) is 1.30. The number of hydrogen-bond donors (Lipinski definition) is 1. The summed E-state index contributed by atoms with van der Waals surface area (Å²) in [5.41, 5.74) is -0.984. The number of imide groups is 1. The molecule has 0 unspecified atom stereocenters. The smallest absolute Gasteiger partial charge is 0.325 e. The Balaban J connectivity index is 1.83. The van der Waals surface area contributed by atoms with Crippen LogP contribution in [0.15, 0.2) is 18.2 Å². The van der Waals surface area contributed by atoms with E-state index in [9.17, 15) is 23.6 Å². The van der Waals surface area contributed by atoms with E-state index in [2.05, 4.69) is 5.32 Å². The molecule has 1 aromatic rings. The zero-order valence-corrected chi connectivity index (χ0v) is 14.6. The SMILES string of the molecule is COc1ccc(C(=O)COC(=O)CCN2C(=O)NC(C)(C)C2=O)cc1F. The third-order valence-corrected chi connectivity index (χ3v) is 3.82. The van der Waals surface area contributed by atoms with Gasteiger partial charge in [0.25, 0.3) is 5.91 Å². The summed E-state index contributed by atoms with van der Waals surface area (Å²) >= 11 is 0. The monoisotopic (exact) mass is 366 g/mol. The number of ketones is 1. The van der Waals surface area contributed by atoms with Crippen LogP contribution in [0.4, 0.5) is 9.18 Å². The van der Waals surface area contributed by atoms with Crippen LogP contribution in [0.1, 0.15) is 30.6 Å². The zero-order valence-electron chi connectivity index (χ0n) is 14.6. The molecule has 1 aliphatic rings. The lowest BCUT2D eigenvalue weighted by Crippen LogP contribution is -2.40. The number of benzene rings is 1. The molecular formula is C17H19FN2O6. The molecule has 0 spiro atoms. The van der Waals surface area contributed by atoms with Crippen LogP contribution in [0.5, 0.6) is 5.75 Å². The fraction of sp³-hybridized carbons (Fsp3) is 0.412. The molecule has 2 rings (SSSR count). The van der Waals surface area contributed by atoms with E-state index in [-0.39, 0.29) is 24.3 Å². The summed E-state index contributed by atoms with van der Waals surface area (Å²) < 4.78 is 23.2. The quantitative estimate of drug-likeness (QED) is 0.443. The van der Waals surface area contributed by atoms with Gasteiger partial charge in [-0.1, -0.05) is 0 Å². The highest BCUT2D eigenvalue weighted by Gasteiger charge is 2.44. The van der Waals surface area contributed by atoms with Gasteiger partial charge in [-0.3, -0.25) is 19.3 Å². The van der Waals surface area contributed by atoms with Crippen LogP contribution >= 0.6 is 0 Å². The lowest BCUT2D eigenvalue weighted by Gasteiger charge is -2.15. The Hall–Kier alpha value is -2.97. The molecule has 0 aromatic heterocycles. The number of esters is 1. The molecule has 8 nitrogen and oxygen atoms in total. The maximum Gasteiger partial charge on any atom is 0.325 e. The van der Waals surface area contributed by atoms with Crippen molar-refractivity contribution >= 4 is 23.7 Å². The Morgan fingerprint density at radius 1 is 1.27 bits per heavy atom. The van der Waals surface area contributed by atoms with Crippen LogP contribution in [0, 0.1) is 5.82 Å². The largest absolute Gasteiger partial charge is 0.494 e. The predicted molar refractivity (Wildman–Crippen MR) is 87.2 cm³/mol. The molecule has 0 aliphatic carbocycles. The lowest BCUT2D eigenvalue weighted by molar-refractivity contribution is -0.143. The number of ether oxygens (including phenoxy) is 2. The minimum absolute atomic E-state index is 0.00461. The minimum Gasteiger partial charge on any atom is -0.494 e. The molecular weight excluding hydrogens is 347 g/mol. The van der Waals surface area contributed by atoms with Gasteiger partial charge in [-0.05, 0) is 32.0 Å². The maximum absolute atomic E-state index is 13.6. The number of urea groups is 1. The van der Waals surface area contributed by atoms with Gasteiger partial charge < -0.3 is 14.8 Å². The van der Waals surface area contributed by atoms with E-state index in [1.807, 2.05) is 0 Å². The molecule has 0 atom stereocenters. The van der Waals surface area contributed by atoms with E-state index in [1.165, 1.54) is 19.2 Å². The molecule has 140 valence electrons. The summed E-state index contributed by atoms with van der Waals surface area (Å²) in [6.07, 6.45) is -0.251. The number of hydrogen-bond acceptors (Lipinski definition) is 6. The van der Waals surface area contributed by atoms with E-state index >= 15 is 0 Å². The number of methoxy groups -OCH3 is 1. The second kappa shape index (κ2) is 7.51. The predicted octanol–water partition coefficient (Wildman–Crippen LogP) is 1.28. The van der Waals surface area contributed by atoms with Crippen molar-refractivity contribution in [2.45, 2.75) is 25.8 Å². The topological polar surface area (TPSA) is 102 Å². The Bertz CT molecular complexity index is 762. The second-order valence-corrected chi connectivity index (χ2v) is 6.20.